The van der Waals surface area contributed by atoms with E-state index in [9.17, 15) is 45.2 Å². The summed E-state index contributed by atoms with van der Waals surface area (Å²) in [5.41, 5.74) is -6.70. The summed E-state index contributed by atoms with van der Waals surface area (Å²) in [5, 5.41) is 14.6. The van der Waals surface area contributed by atoms with Gasteiger partial charge in [-0.2, -0.15) is 45.5 Å². The average molecular weight is 567 g/mol. The number of nitriles is 1. The third-order valence-electron chi connectivity index (χ3n) is 6.01. The van der Waals surface area contributed by atoms with Crippen molar-refractivity contribution in [1.29, 1.82) is 5.26 Å². The maximum absolute atomic E-state index is 14.0. The highest BCUT2D eigenvalue weighted by Crippen LogP contribution is 2.50. The zero-order valence-corrected chi connectivity index (χ0v) is 20.0. The summed E-state index contributed by atoms with van der Waals surface area (Å²) in [7, 11) is 1.98. The fourth-order valence-corrected chi connectivity index (χ4v) is 4.04. The Hall–Kier alpha value is -3.67. The Kier molecular flexibility index (Phi) is 6.26. The fraction of sp³-hybridized carbons (Fsp3) is 0.364. The summed E-state index contributed by atoms with van der Waals surface area (Å²) >= 11 is 6.12. The van der Waals surface area contributed by atoms with Crippen LogP contribution in [0.3, 0.4) is 0 Å². The molecule has 1 N–H and O–H groups in total. The minimum atomic E-state index is -6.34. The predicted molar refractivity (Wildman–Crippen MR) is 116 cm³/mol. The Morgan fingerprint density at radius 1 is 1.13 bits per heavy atom. The molecule has 2 heterocycles. The summed E-state index contributed by atoms with van der Waals surface area (Å²) in [5.74, 6) is -7.19. The van der Waals surface area contributed by atoms with Crippen LogP contribution >= 0.6 is 11.6 Å². The van der Waals surface area contributed by atoms with Crippen LogP contribution in [-0.2, 0) is 26.2 Å². The molecule has 1 fully saturated rings. The topological polar surface area (TPSA) is 88.5 Å². The third kappa shape index (κ3) is 4.46. The molecule has 0 radical (unpaired) electrons. The number of hydrogen-bond acceptors (Lipinski definition) is 4. The van der Waals surface area contributed by atoms with Gasteiger partial charge < -0.3 is 9.88 Å². The summed E-state index contributed by atoms with van der Waals surface area (Å²) in [6, 6.07) is 5.98. The SMILES string of the molecule is Cn1nc(C(F)(F)C(F)(F)F)c(C(F)(F)F)c1-c1ncc(-c2ccc(Cl)c(C(=O)NC3(C#N)CC3)c2)n1C. The fourth-order valence-electron chi connectivity index (χ4n) is 3.83. The van der Waals surface area contributed by atoms with E-state index >= 15 is 0 Å². The first-order chi connectivity index (χ1) is 17.4. The lowest BCUT2D eigenvalue weighted by Gasteiger charge is -2.19. The molecule has 0 aliphatic heterocycles. The van der Waals surface area contributed by atoms with Crippen molar-refractivity contribution in [3.05, 3.63) is 46.2 Å². The number of carbonyl (C=O) groups is 1. The summed E-state index contributed by atoms with van der Waals surface area (Å²) in [6.45, 7) is 0. The minimum Gasteiger partial charge on any atom is -0.334 e. The molecule has 0 unspecified atom stereocenters. The lowest BCUT2D eigenvalue weighted by molar-refractivity contribution is -0.292. The van der Waals surface area contributed by atoms with E-state index in [1.54, 1.807) is 0 Å². The van der Waals surface area contributed by atoms with Crippen molar-refractivity contribution in [2.75, 3.05) is 0 Å². The van der Waals surface area contributed by atoms with E-state index in [0.717, 1.165) is 17.8 Å². The summed E-state index contributed by atoms with van der Waals surface area (Å²) in [4.78, 5) is 16.5. The Morgan fingerprint density at radius 2 is 1.76 bits per heavy atom. The van der Waals surface area contributed by atoms with Gasteiger partial charge in [0.2, 0.25) is 0 Å². The number of carbonyl (C=O) groups excluding carboxylic acids is 1. The number of halogens is 9. The van der Waals surface area contributed by atoms with Gasteiger partial charge in [-0.3, -0.25) is 9.48 Å². The van der Waals surface area contributed by atoms with E-state index in [0.29, 0.717) is 12.8 Å². The van der Waals surface area contributed by atoms with E-state index in [2.05, 4.69) is 15.4 Å². The van der Waals surface area contributed by atoms with Gasteiger partial charge in [0.15, 0.2) is 11.5 Å². The van der Waals surface area contributed by atoms with E-state index in [1.807, 2.05) is 6.07 Å². The first-order valence-corrected chi connectivity index (χ1v) is 11.0. The first kappa shape index (κ1) is 27.4. The number of aryl methyl sites for hydroxylation is 1. The van der Waals surface area contributed by atoms with Gasteiger partial charge in [-0.1, -0.05) is 17.7 Å². The van der Waals surface area contributed by atoms with Gasteiger partial charge in [-0.25, -0.2) is 4.98 Å². The molecule has 7 nitrogen and oxygen atoms in total. The molecule has 1 amide bonds. The third-order valence-corrected chi connectivity index (χ3v) is 6.34. The monoisotopic (exact) mass is 566 g/mol. The molecule has 16 heteroatoms. The second kappa shape index (κ2) is 8.69. The second-order valence-corrected chi connectivity index (χ2v) is 9.04. The maximum Gasteiger partial charge on any atom is 0.459 e. The minimum absolute atomic E-state index is 0.00685. The zero-order chi connectivity index (χ0) is 28.4. The second-order valence-electron chi connectivity index (χ2n) is 8.63. The van der Waals surface area contributed by atoms with Crippen molar-refractivity contribution in [1.82, 2.24) is 24.6 Å². The molecular formula is C22H15ClF8N6O. The Morgan fingerprint density at radius 3 is 2.29 bits per heavy atom. The highest BCUT2D eigenvalue weighted by atomic mass is 35.5. The average Bonchev–Trinajstić information content (AvgIpc) is 3.33. The van der Waals surface area contributed by atoms with Crippen LogP contribution in [0.4, 0.5) is 35.1 Å². The number of nitrogens with one attached hydrogen (secondary N) is 1. The molecule has 1 saturated carbocycles. The number of amides is 1. The molecule has 1 aliphatic carbocycles. The molecule has 202 valence electrons. The summed E-state index contributed by atoms with van der Waals surface area (Å²) in [6.07, 6.45) is -10.0. The maximum atomic E-state index is 14.0. The van der Waals surface area contributed by atoms with Crippen LogP contribution in [0.25, 0.3) is 22.8 Å². The van der Waals surface area contributed by atoms with Crippen LogP contribution in [0.2, 0.25) is 5.02 Å². The first-order valence-electron chi connectivity index (χ1n) is 10.6. The predicted octanol–water partition coefficient (Wildman–Crippen LogP) is 5.60. The number of rotatable bonds is 5. The molecule has 0 saturated heterocycles. The van der Waals surface area contributed by atoms with E-state index in [4.69, 9.17) is 11.6 Å². The standard InChI is InChI=1S/C22H15ClF8N6O/c1-36-13(10-3-4-12(23)11(7-10)18(38)34-19(9-32)5-6-19)8-33-17(36)15-14(21(26,27)28)16(35-37(15)2)20(24,25)22(29,30)31/h3-4,7-8H,5-6H2,1-2H3,(H,34,38). The van der Waals surface area contributed by atoms with E-state index in [-0.39, 0.29) is 26.5 Å². The molecule has 2 aromatic heterocycles. The van der Waals surface area contributed by atoms with Crippen molar-refractivity contribution < 1.29 is 39.9 Å². The van der Waals surface area contributed by atoms with Crippen LogP contribution in [0.1, 0.15) is 34.5 Å². The zero-order valence-electron chi connectivity index (χ0n) is 19.3. The number of benzene rings is 1. The van der Waals surface area contributed by atoms with Crippen molar-refractivity contribution in [2.24, 2.45) is 14.1 Å². The van der Waals surface area contributed by atoms with Crippen LogP contribution < -0.4 is 5.32 Å². The molecule has 4 rings (SSSR count). The van der Waals surface area contributed by atoms with Crippen molar-refractivity contribution >= 4 is 17.5 Å². The molecule has 0 atom stereocenters. The van der Waals surface area contributed by atoms with Gasteiger partial charge >= 0.3 is 18.3 Å². The Balaban J connectivity index is 1.83. The number of imidazole rings is 1. The van der Waals surface area contributed by atoms with Gasteiger partial charge in [0.25, 0.3) is 5.91 Å². The summed E-state index contributed by atoms with van der Waals surface area (Å²) < 4.78 is 110. The number of alkyl halides is 8. The van der Waals surface area contributed by atoms with Crippen molar-refractivity contribution in [3.63, 3.8) is 0 Å². The van der Waals surface area contributed by atoms with Gasteiger partial charge in [0, 0.05) is 19.7 Å². The van der Waals surface area contributed by atoms with Crippen LogP contribution in [-0.4, -0.2) is 37.0 Å². The van der Waals surface area contributed by atoms with Gasteiger partial charge in [0.1, 0.15) is 16.8 Å². The number of hydrogen-bond donors (Lipinski definition) is 1. The molecule has 1 aliphatic rings. The number of nitrogens with zero attached hydrogens (tertiary/aromatic N) is 5. The lowest BCUT2D eigenvalue weighted by atomic mass is 10.1. The molecule has 1 aromatic carbocycles. The van der Waals surface area contributed by atoms with Gasteiger partial charge in [-0.15, -0.1) is 0 Å². The highest BCUT2D eigenvalue weighted by molar-refractivity contribution is 6.34. The smallest absolute Gasteiger partial charge is 0.334 e. The Bertz CT molecular complexity index is 1480. The van der Waals surface area contributed by atoms with Crippen LogP contribution in [0, 0.1) is 11.3 Å². The molecule has 0 spiro atoms. The van der Waals surface area contributed by atoms with Gasteiger partial charge in [0.05, 0.1) is 28.5 Å². The van der Waals surface area contributed by atoms with E-state index in [1.165, 1.54) is 25.2 Å². The van der Waals surface area contributed by atoms with Gasteiger partial charge in [-0.05, 0) is 25.0 Å². The molecule has 3 aromatic rings. The van der Waals surface area contributed by atoms with E-state index < -0.39 is 52.5 Å². The quantitative estimate of drug-likeness (QED) is 0.407. The Labute approximate surface area is 213 Å². The molecule has 0 bridgehead atoms. The largest absolute Gasteiger partial charge is 0.459 e. The van der Waals surface area contributed by atoms with Crippen LogP contribution in [0.5, 0.6) is 0 Å². The van der Waals surface area contributed by atoms with Crippen molar-refractivity contribution in [2.45, 2.75) is 36.7 Å². The normalized spacial score (nSPS) is 15.3. The number of aromatic nitrogens is 4. The van der Waals surface area contributed by atoms with Crippen molar-refractivity contribution in [3.8, 4) is 28.8 Å². The highest BCUT2D eigenvalue weighted by Gasteiger charge is 2.64. The van der Waals surface area contributed by atoms with Crippen LogP contribution in [0.15, 0.2) is 24.4 Å². The molecular weight excluding hydrogens is 552 g/mol. The lowest BCUT2D eigenvalue weighted by Crippen LogP contribution is -2.36. The molecule has 38 heavy (non-hydrogen) atoms.